The van der Waals surface area contributed by atoms with Crippen molar-refractivity contribution >= 4 is 74.8 Å². The van der Waals surface area contributed by atoms with Gasteiger partial charge in [0.2, 0.25) is 6.71 Å². The van der Waals surface area contributed by atoms with E-state index >= 15 is 0 Å². The first-order chi connectivity index (χ1) is 23.7. The molecule has 0 saturated carbocycles. The largest absolute Gasteiger partial charge is 0.377 e. The van der Waals surface area contributed by atoms with Crippen LogP contribution in [0.1, 0.15) is 79.0 Å². The average Bonchev–Trinajstić information content (AvgIpc) is 3.07. The summed E-state index contributed by atoms with van der Waals surface area (Å²) in [6.45, 7) is 21.5. The van der Waals surface area contributed by atoms with Crippen LogP contribution in [-0.2, 0) is 16.2 Å². The molecule has 0 amide bonds. The molecule has 10 rings (SSSR count). The summed E-state index contributed by atoms with van der Waals surface area (Å²) < 4.78 is 0. The summed E-state index contributed by atoms with van der Waals surface area (Å²) >= 11 is 1.98. The first-order valence-corrected chi connectivity index (χ1v) is 19.2. The molecule has 0 spiro atoms. The van der Waals surface area contributed by atoms with Gasteiger partial charge in [-0.25, -0.2) is 0 Å². The Bertz CT molecular complexity index is 2490. The summed E-state index contributed by atoms with van der Waals surface area (Å²) in [5.74, 6) is 0. The molecule has 0 unspecified atom stereocenters. The molecule has 1 nitrogen and oxygen atoms in total. The maximum absolute atomic E-state index is 2.80. The van der Waals surface area contributed by atoms with Crippen molar-refractivity contribution in [2.24, 2.45) is 0 Å². The van der Waals surface area contributed by atoms with Crippen molar-refractivity contribution in [1.29, 1.82) is 0 Å². The zero-order valence-corrected chi connectivity index (χ0v) is 31.6. The maximum atomic E-state index is 2.80. The molecule has 6 aromatic carbocycles. The molecule has 6 aromatic rings. The van der Waals surface area contributed by atoms with E-state index in [9.17, 15) is 0 Å². The van der Waals surface area contributed by atoms with Gasteiger partial charge in [-0.2, -0.15) is 0 Å². The highest BCUT2D eigenvalue weighted by atomic mass is 32.2. The van der Waals surface area contributed by atoms with Crippen molar-refractivity contribution in [1.82, 2.24) is 0 Å². The highest BCUT2D eigenvalue weighted by Gasteiger charge is 2.51. The minimum absolute atomic E-state index is 0.00455. The van der Waals surface area contributed by atoms with Crippen LogP contribution in [0.25, 0.3) is 33.0 Å². The van der Waals surface area contributed by atoms with Gasteiger partial charge in [-0.3, -0.25) is 0 Å². The van der Waals surface area contributed by atoms with E-state index in [1.807, 2.05) is 11.8 Å². The van der Waals surface area contributed by atoms with Crippen LogP contribution in [0.15, 0.2) is 107 Å². The zero-order chi connectivity index (χ0) is 34.6. The van der Waals surface area contributed by atoms with E-state index in [4.69, 9.17) is 0 Å². The van der Waals surface area contributed by atoms with E-state index in [1.165, 1.54) is 98.2 Å². The Morgan fingerprint density at radius 1 is 0.500 bits per heavy atom. The number of fused-ring (bicyclic) bond motifs is 11. The number of hydrogen-bond donors (Lipinski definition) is 0. The molecule has 0 aliphatic carbocycles. The fourth-order valence-electron chi connectivity index (χ4n) is 9.23. The van der Waals surface area contributed by atoms with Gasteiger partial charge in [0.25, 0.3) is 0 Å². The summed E-state index contributed by atoms with van der Waals surface area (Å²) in [7, 11) is 0. The Labute approximate surface area is 302 Å². The minimum Gasteiger partial charge on any atom is -0.377 e. The van der Waals surface area contributed by atoms with Gasteiger partial charge in [-0.1, -0.05) is 164 Å². The molecule has 0 radical (unpaired) electrons. The first kappa shape index (κ1) is 30.7. The van der Waals surface area contributed by atoms with E-state index in [0.29, 0.717) is 0 Å². The lowest BCUT2D eigenvalue weighted by Gasteiger charge is -2.51. The van der Waals surface area contributed by atoms with Gasteiger partial charge in [-0.05, 0) is 88.8 Å². The van der Waals surface area contributed by atoms with Gasteiger partial charge in [0.05, 0.1) is 0 Å². The smallest absolute Gasteiger partial charge is 0.329 e. The molecule has 0 N–H and O–H groups in total. The number of anilines is 2. The summed E-state index contributed by atoms with van der Waals surface area (Å²) in [6.07, 6.45) is 0. The highest BCUT2D eigenvalue weighted by Crippen LogP contribution is 2.51. The molecule has 0 saturated heterocycles. The van der Waals surface area contributed by atoms with Crippen LogP contribution in [0, 0.1) is 0 Å². The molecular weight excluding hydrogens is 620 g/mol. The van der Waals surface area contributed by atoms with E-state index in [1.54, 1.807) is 0 Å². The molecular formula is C46H43B2NS. The molecule has 0 fully saturated rings. The van der Waals surface area contributed by atoms with Gasteiger partial charge in [0.1, 0.15) is 0 Å². The Balaban J connectivity index is 1.39. The number of benzene rings is 6. The molecule has 4 aliphatic rings. The third-order valence-electron chi connectivity index (χ3n) is 12.0. The molecule has 0 atom stereocenters. The molecule has 4 heteroatoms. The van der Waals surface area contributed by atoms with Gasteiger partial charge in [0.15, 0.2) is 0 Å². The molecule has 50 heavy (non-hydrogen) atoms. The standard InChI is InChI=1S/C46H43B2NS/c1-44(2,3)27-15-17-31-33-19-21-39-40-42(33)49-41-34(32-18-16-28(45(4,5)6)24-37(32)48(49)36(31)23-27)22-29(46(7,8)9)25-38(41)47(40)35-20-14-26-12-10-11-13-30(26)43(35)50-39/h10-25H,1-9H3. The van der Waals surface area contributed by atoms with Crippen LogP contribution >= 0.6 is 11.8 Å². The number of hydrogen-bond acceptors (Lipinski definition) is 2. The van der Waals surface area contributed by atoms with Crippen molar-refractivity contribution < 1.29 is 0 Å². The first-order valence-electron chi connectivity index (χ1n) is 18.3. The van der Waals surface area contributed by atoms with E-state index in [2.05, 4.69) is 164 Å². The van der Waals surface area contributed by atoms with E-state index < -0.39 is 0 Å². The van der Waals surface area contributed by atoms with Gasteiger partial charge in [0, 0.05) is 32.3 Å². The molecule has 4 heterocycles. The summed E-state index contributed by atoms with van der Waals surface area (Å²) in [5, 5.41) is 2.68. The van der Waals surface area contributed by atoms with E-state index in [-0.39, 0.29) is 29.8 Å². The average molecular weight is 664 g/mol. The van der Waals surface area contributed by atoms with Gasteiger partial charge in [-0.15, -0.1) is 0 Å². The Hall–Kier alpha value is -4.14. The molecule has 0 aromatic heterocycles. The Morgan fingerprint density at radius 2 is 1.10 bits per heavy atom. The van der Waals surface area contributed by atoms with Gasteiger partial charge < -0.3 is 4.81 Å². The summed E-state index contributed by atoms with van der Waals surface area (Å²) in [4.78, 5) is 5.61. The second kappa shape index (κ2) is 9.80. The van der Waals surface area contributed by atoms with Crippen molar-refractivity contribution in [2.45, 2.75) is 88.3 Å². The zero-order valence-electron chi connectivity index (χ0n) is 30.7. The normalized spacial score (nSPS) is 15.1. The lowest BCUT2D eigenvalue weighted by atomic mass is 9.31. The Morgan fingerprint density at radius 3 is 1.76 bits per heavy atom. The monoisotopic (exact) mass is 663 g/mol. The van der Waals surface area contributed by atoms with E-state index in [0.717, 1.165) is 0 Å². The molecule has 244 valence electrons. The number of rotatable bonds is 0. The number of nitrogens with zero attached hydrogens (tertiary/aromatic N) is 1. The van der Waals surface area contributed by atoms with Crippen LogP contribution in [0.5, 0.6) is 0 Å². The lowest BCUT2D eigenvalue weighted by molar-refractivity contribution is 0.590. The quantitative estimate of drug-likeness (QED) is 0.149. The summed E-state index contributed by atoms with van der Waals surface area (Å²) in [5.41, 5.74) is 19.9. The van der Waals surface area contributed by atoms with Crippen LogP contribution in [0.4, 0.5) is 11.4 Å². The highest BCUT2D eigenvalue weighted by molar-refractivity contribution is 8.00. The maximum Gasteiger partial charge on any atom is 0.329 e. The molecule has 4 aliphatic heterocycles. The topological polar surface area (TPSA) is 3.24 Å². The predicted octanol–water partition coefficient (Wildman–Crippen LogP) is 8.93. The predicted molar refractivity (Wildman–Crippen MR) is 220 cm³/mol. The third-order valence-corrected chi connectivity index (χ3v) is 13.2. The van der Waals surface area contributed by atoms with Crippen LogP contribution in [0.3, 0.4) is 0 Å². The van der Waals surface area contributed by atoms with Crippen LogP contribution < -0.4 is 32.1 Å². The van der Waals surface area contributed by atoms with Crippen LogP contribution in [-0.4, -0.2) is 13.6 Å². The second-order valence-electron chi connectivity index (χ2n) is 18.2. The second-order valence-corrected chi connectivity index (χ2v) is 19.3. The van der Waals surface area contributed by atoms with Crippen LogP contribution in [0.2, 0.25) is 0 Å². The lowest BCUT2D eigenvalue weighted by Crippen LogP contribution is -2.69. The van der Waals surface area contributed by atoms with Crippen molar-refractivity contribution in [3.63, 3.8) is 0 Å². The third kappa shape index (κ3) is 4.06. The minimum atomic E-state index is 0.00455. The fraction of sp³-hybridized carbons (Fsp3) is 0.261. The summed E-state index contributed by atoms with van der Waals surface area (Å²) in [6, 6.07) is 38.6. The SMILES string of the molecule is CC(C)(C)c1ccc2c(c1)B1c3cc(C(C)(C)C)ccc3-c3ccc4c5c3N1c1c(cc(C(C)(C)C)cc1-2)B5c1ccc2ccccc2c1S4. The van der Waals surface area contributed by atoms with Crippen molar-refractivity contribution in [3.05, 3.63) is 114 Å². The van der Waals surface area contributed by atoms with Crippen molar-refractivity contribution in [3.8, 4) is 22.3 Å². The van der Waals surface area contributed by atoms with Gasteiger partial charge >= 0.3 is 6.85 Å². The molecule has 0 bridgehead atoms. The van der Waals surface area contributed by atoms with Crippen molar-refractivity contribution in [2.75, 3.05) is 4.81 Å². The fourth-order valence-corrected chi connectivity index (χ4v) is 10.5. The Kier molecular flexibility index (Phi) is 6.01.